The van der Waals surface area contributed by atoms with Crippen LogP contribution in [0.3, 0.4) is 0 Å². The number of nitrogens with one attached hydrogen (secondary N) is 3. The molecule has 1 aliphatic heterocycles. The lowest BCUT2D eigenvalue weighted by Gasteiger charge is -2.24. The second-order valence-corrected chi connectivity index (χ2v) is 8.93. The first-order chi connectivity index (χ1) is 14.1. The van der Waals surface area contributed by atoms with E-state index in [2.05, 4.69) is 27.9 Å². The highest BCUT2D eigenvalue weighted by atomic mass is 127. The maximum atomic E-state index is 12.0. The summed E-state index contributed by atoms with van der Waals surface area (Å²) in [6, 6.07) is -0.0296. The average Bonchev–Trinajstić information content (AvgIpc) is 3.17. The zero-order valence-electron chi connectivity index (χ0n) is 20.0. The molecule has 1 saturated heterocycles. The maximum Gasteiger partial charge on any atom is 0.407 e. The fraction of sp³-hybridized carbons (Fsp3) is 0.857. The van der Waals surface area contributed by atoms with Gasteiger partial charge in [-0.3, -0.25) is 4.79 Å². The number of halogens is 1. The molecular weight excluding hydrogens is 513 g/mol. The third-order valence-electron chi connectivity index (χ3n) is 4.59. The number of rotatable bonds is 10. The van der Waals surface area contributed by atoms with Crippen LogP contribution in [0.15, 0.2) is 4.99 Å². The minimum Gasteiger partial charge on any atom is -0.444 e. The molecule has 2 unspecified atom stereocenters. The number of nitrogens with zero attached hydrogens (tertiary/aromatic N) is 2. The molecule has 0 aromatic heterocycles. The highest BCUT2D eigenvalue weighted by molar-refractivity contribution is 14.0. The van der Waals surface area contributed by atoms with Gasteiger partial charge in [0.1, 0.15) is 12.1 Å². The van der Waals surface area contributed by atoms with Crippen molar-refractivity contribution in [3.8, 4) is 0 Å². The highest BCUT2D eigenvalue weighted by Crippen LogP contribution is 2.10. The van der Waals surface area contributed by atoms with Gasteiger partial charge in [-0.2, -0.15) is 0 Å². The van der Waals surface area contributed by atoms with E-state index in [1.165, 1.54) is 4.90 Å². The van der Waals surface area contributed by atoms with E-state index in [0.29, 0.717) is 18.4 Å². The number of unbranched alkanes of at least 4 members (excludes halogenated alkanes) is 1. The van der Waals surface area contributed by atoms with Crippen molar-refractivity contribution < 1.29 is 19.1 Å². The first-order valence-corrected chi connectivity index (χ1v) is 10.9. The van der Waals surface area contributed by atoms with Gasteiger partial charge >= 0.3 is 6.09 Å². The lowest BCUT2D eigenvalue weighted by molar-refractivity contribution is -0.127. The normalized spacial score (nSPS) is 17.4. The number of carbonyl (C=O) groups is 2. The fourth-order valence-electron chi connectivity index (χ4n) is 2.82. The van der Waals surface area contributed by atoms with Crippen LogP contribution in [0.2, 0.25) is 0 Å². The fourth-order valence-corrected chi connectivity index (χ4v) is 2.82. The third-order valence-corrected chi connectivity index (χ3v) is 4.59. The summed E-state index contributed by atoms with van der Waals surface area (Å²) >= 11 is 0. The maximum absolute atomic E-state index is 12.0. The van der Waals surface area contributed by atoms with Crippen LogP contribution in [0.1, 0.15) is 53.4 Å². The van der Waals surface area contributed by atoms with Gasteiger partial charge in [-0.15, -0.1) is 24.0 Å². The molecule has 0 aliphatic carbocycles. The Hall–Kier alpha value is -1.30. The van der Waals surface area contributed by atoms with E-state index >= 15 is 0 Å². The summed E-state index contributed by atoms with van der Waals surface area (Å²) in [6.07, 6.45) is 3.48. The number of amides is 2. The molecule has 31 heavy (non-hydrogen) atoms. The molecule has 2 atom stereocenters. The summed E-state index contributed by atoms with van der Waals surface area (Å²) < 4.78 is 10.8. The minimum absolute atomic E-state index is 0. The summed E-state index contributed by atoms with van der Waals surface area (Å²) in [6.45, 7) is 10.3. The zero-order chi connectivity index (χ0) is 22.6. The van der Waals surface area contributed by atoms with E-state index in [-0.39, 0.29) is 42.5 Å². The Morgan fingerprint density at radius 1 is 1.26 bits per heavy atom. The standard InChI is InChI=1S/C21H41N5O4.HI/c1-7-8-9-17(13-24-20(28)30-21(2,3)4)25-19(23-14-18(27)26(5)6)22-12-16-10-11-29-15-16;/h16-17H,7-15H2,1-6H3,(H,24,28)(H2,22,23,25);1H. The summed E-state index contributed by atoms with van der Waals surface area (Å²) in [5, 5.41) is 9.55. The third kappa shape index (κ3) is 14.4. The Bertz CT molecular complexity index is 560. The van der Waals surface area contributed by atoms with E-state index in [4.69, 9.17) is 9.47 Å². The van der Waals surface area contributed by atoms with Crippen LogP contribution < -0.4 is 16.0 Å². The molecule has 0 spiro atoms. The van der Waals surface area contributed by atoms with Crippen molar-refractivity contribution >= 4 is 41.9 Å². The van der Waals surface area contributed by atoms with Crippen LogP contribution in [0.25, 0.3) is 0 Å². The Morgan fingerprint density at radius 3 is 2.52 bits per heavy atom. The topological polar surface area (TPSA) is 104 Å². The van der Waals surface area contributed by atoms with Crippen molar-refractivity contribution in [2.75, 3.05) is 46.9 Å². The molecule has 9 nitrogen and oxygen atoms in total. The van der Waals surface area contributed by atoms with E-state index < -0.39 is 11.7 Å². The van der Waals surface area contributed by atoms with Gasteiger partial charge in [0.15, 0.2) is 5.96 Å². The highest BCUT2D eigenvalue weighted by Gasteiger charge is 2.20. The van der Waals surface area contributed by atoms with Gasteiger partial charge in [0.05, 0.1) is 6.61 Å². The van der Waals surface area contributed by atoms with E-state index in [1.807, 2.05) is 20.8 Å². The molecule has 10 heteroatoms. The summed E-state index contributed by atoms with van der Waals surface area (Å²) in [5.74, 6) is 0.928. The van der Waals surface area contributed by atoms with Crippen LogP contribution in [0.4, 0.5) is 4.79 Å². The molecule has 1 heterocycles. The number of ether oxygens (including phenoxy) is 2. The van der Waals surface area contributed by atoms with Gasteiger partial charge in [-0.25, -0.2) is 9.79 Å². The smallest absolute Gasteiger partial charge is 0.407 e. The SMILES string of the molecule is CCCCC(CNC(=O)OC(C)(C)C)NC(=NCC(=O)N(C)C)NCC1CCOC1.I. The molecule has 0 radical (unpaired) electrons. The van der Waals surface area contributed by atoms with Gasteiger partial charge in [0.25, 0.3) is 0 Å². The first-order valence-electron chi connectivity index (χ1n) is 10.9. The molecule has 2 amide bonds. The van der Waals surface area contributed by atoms with Gasteiger partial charge in [-0.05, 0) is 33.6 Å². The van der Waals surface area contributed by atoms with Gasteiger partial charge < -0.3 is 30.3 Å². The first kappa shape index (κ1) is 29.7. The summed E-state index contributed by atoms with van der Waals surface area (Å²) in [5.41, 5.74) is -0.541. The monoisotopic (exact) mass is 555 g/mol. The number of carbonyl (C=O) groups excluding carboxylic acids is 2. The predicted molar refractivity (Wildman–Crippen MR) is 134 cm³/mol. The molecule has 0 saturated carbocycles. The van der Waals surface area contributed by atoms with Crippen molar-refractivity contribution in [2.24, 2.45) is 10.9 Å². The van der Waals surface area contributed by atoms with Gasteiger partial charge in [-0.1, -0.05) is 19.8 Å². The lowest BCUT2D eigenvalue weighted by Crippen LogP contribution is -2.50. The zero-order valence-corrected chi connectivity index (χ0v) is 22.3. The molecule has 1 rings (SSSR count). The Kier molecular flexibility index (Phi) is 14.8. The molecule has 182 valence electrons. The quantitative estimate of drug-likeness (QED) is 0.217. The number of hydrogen-bond acceptors (Lipinski definition) is 5. The van der Waals surface area contributed by atoms with E-state index in [1.54, 1.807) is 14.1 Å². The van der Waals surface area contributed by atoms with Crippen molar-refractivity contribution in [1.29, 1.82) is 0 Å². The van der Waals surface area contributed by atoms with Crippen LogP contribution in [-0.4, -0.2) is 81.4 Å². The number of alkyl carbamates (subject to hydrolysis) is 1. The van der Waals surface area contributed by atoms with Crippen molar-refractivity contribution in [3.05, 3.63) is 0 Å². The average molecular weight is 556 g/mol. The van der Waals surface area contributed by atoms with Crippen LogP contribution in [0, 0.1) is 5.92 Å². The predicted octanol–water partition coefficient (Wildman–Crippen LogP) is 2.35. The van der Waals surface area contributed by atoms with Gasteiger partial charge in [0.2, 0.25) is 5.91 Å². The Labute approximate surface area is 204 Å². The molecule has 0 aromatic carbocycles. The molecular formula is C21H42IN5O4. The minimum atomic E-state index is -0.541. The second-order valence-electron chi connectivity index (χ2n) is 8.93. The summed E-state index contributed by atoms with van der Waals surface area (Å²) in [7, 11) is 3.42. The van der Waals surface area contributed by atoms with Crippen LogP contribution in [0.5, 0.6) is 0 Å². The lowest BCUT2D eigenvalue weighted by atomic mass is 10.1. The Balaban J connectivity index is 0.00000900. The molecule has 0 bridgehead atoms. The van der Waals surface area contributed by atoms with E-state index in [9.17, 15) is 9.59 Å². The van der Waals surface area contributed by atoms with Crippen LogP contribution in [-0.2, 0) is 14.3 Å². The van der Waals surface area contributed by atoms with Gasteiger partial charge in [0, 0.05) is 45.8 Å². The molecule has 1 aliphatic rings. The van der Waals surface area contributed by atoms with Crippen LogP contribution >= 0.6 is 24.0 Å². The largest absolute Gasteiger partial charge is 0.444 e. The second kappa shape index (κ2) is 15.5. The van der Waals surface area contributed by atoms with Crippen molar-refractivity contribution in [3.63, 3.8) is 0 Å². The molecule has 0 aromatic rings. The van der Waals surface area contributed by atoms with Crippen molar-refractivity contribution in [1.82, 2.24) is 20.9 Å². The molecule has 1 fully saturated rings. The number of hydrogen-bond donors (Lipinski definition) is 3. The molecule has 3 N–H and O–H groups in total. The number of aliphatic imine (C=N–C) groups is 1. The number of likely N-dealkylation sites (N-methyl/N-ethyl adjacent to an activating group) is 1. The summed E-state index contributed by atoms with van der Waals surface area (Å²) in [4.78, 5) is 30.0. The number of guanidine groups is 1. The Morgan fingerprint density at radius 2 is 1.97 bits per heavy atom. The van der Waals surface area contributed by atoms with Crippen molar-refractivity contribution in [2.45, 2.75) is 65.0 Å². The van der Waals surface area contributed by atoms with E-state index in [0.717, 1.165) is 45.4 Å².